The lowest BCUT2D eigenvalue weighted by Gasteiger charge is -2.30. The topological polar surface area (TPSA) is 62.0 Å². The number of furan rings is 1. The van der Waals surface area contributed by atoms with Crippen molar-refractivity contribution in [2.24, 2.45) is 10.9 Å². The first-order valence-electron chi connectivity index (χ1n) is 10.7. The van der Waals surface area contributed by atoms with Crippen molar-refractivity contribution in [1.29, 1.82) is 0 Å². The molecule has 27 heavy (non-hydrogen) atoms. The van der Waals surface area contributed by atoms with E-state index in [2.05, 4.69) is 22.5 Å². The summed E-state index contributed by atoms with van der Waals surface area (Å²) in [6, 6.07) is 3.94. The van der Waals surface area contributed by atoms with Crippen molar-refractivity contribution < 1.29 is 9.15 Å². The number of hydrogen-bond donors (Lipinski definition) is 2. The van der Waals surface area contributed by atoms with E-state index in [-0.39, 0.29) is 6.10 Å². The smallest absolute Gasteiger partial charge is 0.191 e. The molecule has 2 saturated heterocycles. The Balaban J connectivity index is 1.37. The van der Waals surface area contributed by atoms with Gasteiger partial charge in [0.15, 0.2) is 5.96 Å². The highest BCUT2D eigenvalue weighted by Gasteiger charge is 2.16. The van der Waals surface area contributed by atoms with Gasteiger partial charge in [0.25, 0.3) is 0 Å². The third kappa shape index (κ3) is 7.54. The van der Waals surface area contributed by atoms with Crippen molar-refractivity contribution in [3.05, 3.63) is 24.2 Å². The third-order valence-electron chi connectivity index (χ3n) is 5.54. The molecule has 1 aromatic rings. The second-order valence-electron chi connectivity index (χ2n) is 7.88. The molecule has 2 aliphatic heterocycles. The van der Waals surface area contributed by atoms with E-state index in [9.17, 15) is 0 Å². The molecule has 0 radical (unpaired) electrons. The Bertz CT molecular complexity index is 532. The van der Waals surface area contributed by atoms with E-state index in [4.69, 9.17) is 14.1 Å². The van der Waals surface area contributed by atoms with E-state index in [1.807, 2.05) is 12.1 Å². The van der Waals surface area contributed by atoms with Gasteiger partial charge in [0.1, 0.15) is 5.76 Å². The summed E-state index contributed by atoms with van der Waals surface area (Å²) in [4.78, 5) is 7.34. The fourth-order valence-electron chi connectivity index (χ4n) is 3.71. The van der Waals surface area contributed by atoms with E-state index in [1.54, 1.807) is 6.26 Å². The molecule has 0 bridgehead atoms. The molecule has 0 saturated carbocycles. The number of ether oxygens (including phenoxy) is 1. The lowest BCUT2D eigenvalue weighted by atomic mass is 9.99. The van der Waals surface area contributed by atoms with E-state index in [0.29, 0.717) is 0 Å². The predicted octanol–water partition coefficient (Wildman–Crippen LogP) is 2.66. The van der Waals surface area contributed by atoms with Crippen LogP contribution in [0.1, 0.15) is 44.8 Å². The van der Waals surface area contributed by atoms with Crippen LogP contribution in [0.2, 0.25) is 0 Å². The van der Waals surface area contributed by atoms with Gasteiger partial charge in [-0.15, -0.1) is 0 Å². The van der Waals surface area contributed by atoms with Gasteiger partial charge < -0.3 is 24.7 Å². The van der Waals surface area contributed by atoms with Gasteiger partial charge in [0.05, 0.1) is 18.9 Å². The summed E-state index contributed by atoms with van der Waals surface area (Å²) in [5.74, 6) is 2.79. The Hall–Kier alpha value is -1.53. The number of hydrogen-bond acceptors (Lipinski definition) is 4. The zero-order valence-electron chi connectivity index (χ0n) is 16.8. The lowest BCUT2D eigenvalue weighted by molar-refractivity contribution is 0.117. The first-order chi connectivity index (χ1) is 13.3. The largest absolute Gasteiger partial charge is 0.469 e. The van der Waals surface area contributed by atoms with Gasteiger partial charge in [-0.1, -0.05) is 6.92 Å². The molecule has 1 unspecified atom stereocenters. The normalized spacial score (nSPS) is 22.3. The van der Waals surface area contributed by atoms with Gasteiger partial charge in [-0.2, -0.15) is 0 Å². The van der Waals surface area contributed by atoms with Crippen LogP contribution in [0.4, 0.5) is 0 Å². The number of nitrogens with zero attached hydrogens (tertiary/aromatic N) is 2. The first-order valence-corrected chi connectivity index (χ1v) is 10.7. The fraction of sp³-hybridized carbons (Fsp3) is 0.762. The molecule has 1 aromatic heterocycles. The van der Waals surface area contributed by atoms with E-state index in [0.717, 1.165) is 69.6 Å². The molecule has 2 fully saturated rings. The highest BCUT2D eigenvalue weighted by atomic mass is 16.5. The molecule has 6 nitrogen and oxygen atoms in total. The number of rotatable bonds is 9. The maximum atomic E-state index is 5.70. The van der Waals surface area contributed by atoms with Crippen LogP contribution in [0.5, 0.6) is 0 Å². The number of aliphatic imine (C=N–C) groups is 1. The Morgan fingerprint density at radius 1 is 1.22 bits per heavy atom. The Morgan fingerprint density at radius 2 is 2.07 bits per heavy atom. The van der Waals surface area contributed by atoms with E-state index < -0.39 is 0 Å². The molecular formula is C21H36N4O2. The second kappa shape index (κ2) is 11.3. The van der Waals surface area contributed by atoms with Crippen LogP contribution in [0.25, 0.3) is 0 Å². The van der Waals surface area contributed by atoms with Crippen molar-refractivity contribution in [2.45, 2.75) is 51.6 Å². The first kappa shape index (κ1) is 20.2. The molecule has 0 spiro atoms. The molecule has 0 aliphatic carbocycles. The second-order valence-corrected chi connectivity index (χ2v) is 7.88. The minimum Gasteiger partial charge on any atom is -0.469 e. The van der Waals surface area contributed by atoms with Crippen LogP contribution in [0.15, 0.2) is 27.8 Å². The monoisotopic (exact) mass is 376 g/mol. The van der Waals surface area contributed by atoms with Crippen molar-refractivity contribution in [2.75, 3.05) is 45.9 Å². The third-order valence-corrected chi connectivity index (χ3v) is 5.54. The summed E-state index contributed by atoms with van der Waals surface area (Å²) in [5.41, 5.74) is 0. The molecule has 3 rings (SSSR count). The molecule has 152 valence electrons. The highest BCUT2D eigenvalue weighted by Crippen LogP contribution is 2.15. The summed E-state index contributed by atoms with van der Waals surface area (Å²) < 4.78 is 11.1. The summed E-state index contributed by atoms with van der Waals surface area (Å²) in [5, 5.41) is 6.93. The predicted molar refractivity (Wildman–Crippen MR) is 109 cm³/mol. The van der Waals surface area contributed by atoms with Crippen LogP contribution in [-0.4, -0.2) is 62.8 Å². The molecule has 3 heterocycles. The van der Waals surface area contributed by atoms with Crippen LogP contribution >= 0.6 is 0 Å². The minimum atomic E-state index is 0.281. The zero-order chi connectivity index (χ0) is 18.7. The van der Waals surface area contributed by atoms with Crippen molar-refractivity contribution in [3.63, 3.8) is 0 Å². The molecule has 0 amide bonds. The standard InChI is InChI=1S/C21H36N4O2/c1-18-8-13-25(14-9-18)12-4-10-22-21(24-17-20-6-3-16-27-20)23-11-7-19-5-2-15-26-19/h2,5,15,18,20H,3-4,6-14,16-17H2,1H3,(H2,22,23,24). The number of guanidine groups is 1. The summed E-state index contributed by atoms with van der Waals surface area (Å²) in [7, 11) is 0. The molecule has 0 aromatic carbocycles. The van der Waals surface area contributed by atoms with Gasteiger partial charge in [0.2, 0.25) is 0 Å². The Kier molecular flexibility index (Phi) is 8.49. The zero-order valence-corrected chi connectivity index (χ0v) is 16.8. The molecule has 2 N–H and O–H groups in total. The maximum Gasteiger partial charge on any atom is 0.191 e. The average molecular weight is 377 g/mol. The van der Waals surface area contributed by atoms with Gasteiger partial charge in [0, 0.05) is 26.1 Å². The Morgan fingerprint density at radius 3 is 2.81 bits per heavy atom. The number of piperidine rings is 1. The minimum absolute atomic E-state index is 0.281. The van der Waals surface area contributed by atoms with Gasteiger partial charge in [-0.3, -0.25) is 4.99 Å². The highest BCUT2D eigenvalue weighted by molar-refractivity contribution is 5.79. The summed E-state index contributed by atoms with van der Waals surface area (Å²) in [6.45, 7) is 9.42. The van der Waals surface area contributed by atoms with E-state index in [1.165, 1.54) is 32.5 Å². The quantitative estimate of drug-likeness (QED) is 0.394. The van der Waals surface area contributed by atoms with Crippen molar-refractivity contribution in [1.82, 2.24) is 15.5 Å². The van der Waals surface area contributed by atoms with Gasteiger partial charge in [-0.25, -0.2) is 0 Å². The molecule has 6 heteroatoms. The Labute approximate surface area is 163 Å². The average Bonchev–Trinajstić information content (AvgIpc) is 3.38. The van der Waals surface area contributed by atoms with E-state index >= 15 is 0 Å². The van der Waals surface area contributed by atoms with Crippen molar-refractivity contribution in [3.8, 4) is 0 Å². The van der Waals surface area contributed by atoms with Crippen LogP contribution in [-0.2, 0) is 11.2 Å². The van der Waals surface area contributed by atoms with Gasteiger partial charge >= 0.3 is 0 Å². The number of nitrogens with one attached hydrogen (secondary N) is 2. The van der Waals surface area contributed by atoms with Gasteiger partial charge in [-0.05, 0) is 69.8 Å². The lowest BCUT2D eigenvalue weighted by Crippen LogP contribution is -2.41. The fourth-order valence-corrected chi connectivity index (χ4v) is 3.71. The summed E-state index contributed by atoms with van der Waals surface area (Å²) >= 11 is 0. The van der Waals surface area contributed by atoms with Crippen LogP contribution < -0.4 is 10.6 Å². The molecular weight excluding hydrogens is 340 g/mol. The van der Waals surface area contributed by atoms with Crippen LogP contribution in [0.3, 0.4) is 0 Å². The molecule has 2 aliphatic rings. The van der Waals surface area contributed by atoms with Crippen LogP contribution in [0, 0.1) is 5.92 Å². The number of likely N-dealkylation sites (tertiary alicyclic amines) is 1. The van der Waals surface area contributed by atoms with Crippen molar-refractivity contribution >= 4 is 5.96 Å². The molecule has 1 atom stereocenters. The summed E-state index contributed by atoms with van der Waals surface area (Å²) in [6.07, 6.45) is 8.98. The maximum absolute atomic E-state index is 5.70. The SMILES string of the molecule is CC1CCN(CCCNC(=NCC2CCCO2)NCCc2ccco2)CC1.